The molecule has 6 heteroatoms. The van der Waals surface area contributed by atoms with Gasteiger partial charge in [-0.2, -0.15) is 0 Å². The molecule has 0 aliphatic carbocycles. The van der Waals surface area contributed by atoms with E-state index in [0.717, 1.165) is 12.5 Å². The number of nitrogens with zero attached hydrogens (tertiary/aromatic N) is 1. The smallest absolute Gasteiger partial charge is 0.300 e. The van der Waals surface area contributed by atoms with Gasteiger partial charge in [0.2, 0.25) is 0 Å². The van der Waals surface area contributed by atoms with Gasteiger partial charge in [-0.05, 0) is 29.8 Å². The lowest BCUT2D eigenvalue weighted by Gasteiger charge is -2.11. The molecule has 0 saturated carbocycles. The van der Waals surface area contributed by atoms with E-state index in [9.17, 15) is 8.78 Å². The van der Waals surface area contributed by atoms with Crippen molar-refractivity contribution in [2.75, 3.05) is 0 Å². The van der Waals surface area contributed by atoms with Crippen molar-refractivity contribution in [3.8, 4) is 17.0 Å². The molecule has 1 N–H and O–H groups in total. The maximum absolute atomic E-state index is 14.5. The summed E-state index contributed by atoms with van der Waals surface area (Å²) in [4.78, 5) is 13.0. The van der Waals surface area contributed by atoms with E-state index in [2.05, 4.69) is 4.98 Å². The third-order valence-electron chi connectivity index (χ3n) is 3.21. The average molecular weight is 357 g/mol. The van der Waals surface area contributed by atoms with Gasteiger partial charge < -0.3 is 9.84 Å². The third-order valence-corrected chi connectivity index (χ3v) is 3.21. The highest BCUT2D eigenvalue weighted by molar-refractivity contribution is 5.63. The second kappa shape index (κ2) is 9.27. The van der Waals surface area contributed by atoms with Crippen LogP contribution in [0.15, 0.2) is 66.9 Å². The molecule has 26 heavy (non-hydrogen) atoms. The predicted molar refractivity (Wildman–Crippen MR) is 93.7 cm³/mol. The molecule has 0 radical (unpaired) electrons. The fourth-order valence-corrected chi connectivity index (χ4v) is 2.13. The summed E-state index contributed by atoms with van der Waals surface area (Å²) in [6.07, 6.45) is 1.49. The summed E-state index contributed by atoms with van der Waals surface area (Å²) in [5.74, 6) is -2.23. The zero-order valence-corrected chi connectivity index (χ0v) is 14.0. The standard InChI is InChI=1S/C18H13F2NO.C2H4O2/c19-14-9-10-16(22-12-13-6-2-1-3-7-13)18(20)17(14)15-8-4-5-11-21-15;1-2(3)4/h1-11H,12H2;1H3,(H,3,4). The lowest BCUT2D eigenvalue weighted by Crippen LogP contribution is -2.00. The molecule has 0 bridgehead atoms. The third kappa shape index (κ3) is 5.37. The Bertz CT molecular complexity index is 852. The Morgan fingerprint density at radius 3 is 2.31 bits per heavy atom. The van der Waals surface area contributed by atoms with E-state index in [0.29, 0.717) is 0 Å². The first kappa shape index (κ1) is 19.1. The largest absolute Gasteiger partial charge is 0.486 e. The predicted octanol–water partition coefficient (Wildman–Crippen LogP) is 4.70. The molecule has 0 aliphatic heterocycles. The highest BCUT2D eigenvalue weighted by Crippen LogP contribution is 2.31. The van der Waals surface area contributed by atoms with Crippen LogP contribution in [0, 0.1) is 11.6 Å². The van der Waals surface area contributed by atoms with Gasteiger partial charge in [0.25, 0.3) is 5.97 Å². The van der Waals surface area contributed by atoms with Crippen LogP contribution in [0.25, 0.3) is 11.3 Å². The van der Waals surface area contributed by atoms with E-state index in [1.165, 1.54) is 18.3 Å². The summed E-state index contributed by atoms with van der Waals surface area (Å²) >= 11 is 0. The summed E-state index contributed by atoms with van der Waals surface area (Å²) in [6.45, 7) is 1.30. The summed E-state index contributed by atoms with van der Waals surface area (Å²) in [5, 5.41) is 7.42. The van der Waals surface area contributed by atoms with E-state index in [-0.39, 0.29) is 23.6 Å². The number of carboxylic acid groups (broad SMARTS) is 1. The quantitative estimate of drug-likeness (QED) is 0.735. The van der Waals surface area contributed by atoms with Gasteiger partial charge in [-0.1, -0.05) is 36.4 Å². The molecule has 134 valence electrons. The topological polar surface area (TPSA) is 59.4 Å². The van der Waals surface area contributed by atoms with Gasteiger partial charge in [0.1, 0.15) is 12.4 Å². The number of halogens is 2. The Labute approximate surface area is 149 Å². The molecule has 0 amide bonds. The van der Waals surface area contributed by atoms with Gasteiger partial charge in [-0.15, -0.1) is 0 Å². The maximum atomic E-state index is 14.5. The van der Waals surface area contributed by atoms with Crippen LogP contribution in [-0.4, -0.2) is 16.1 Å². The first-order chi connectivity index (χ1) is 12.5. The Balaban J connectivity index is 0.000000552. The molecule has 0 unspecified atom stereocenters. The van der Waals surface area contributed by atoms with E-state index < -0.39 is 17.6 Å². The zero-order valence-electron chi connectivity index (χ0n) is 14.0. The maximum Gasteiger partial charge on any atom is 0.300 e. The highest BCUT2D eigenvalue weighted by atomic mass is 19.1. The first-order valence-corrected chi connectivity index (χ1v) is 7.74. The van der Waals surface area contributed by atoms with Crippen LogP contribution in [0.5, 0.6) is 5.75 Å². The van der Waals surface area contributed by atoms with Crippen molar-refractivity contribution in [1.82, 2.24) is 4.98 Å². The number of benzene rings is 2. The number of rotatable bonds is 4. The number of hydrogen-bond donors (Lipinski definition) is 1. The molecular weight excluding hydrogens is 340 g/mol. The summed E-state index contributed by atoms with van der Waals surface area (Å²) < 4.78 is 33.9. The molecule has 3 rings (SSSR count). The monoisotopic (exact) mass is 357 g/mol. The normalized spacial score (nSPS) is 9.81. The Morgan fingerprint density at radius 1 is 1.04 bits per heavy atom. The van der Waals surface area contributed by atoms with Crippen molar-refractivity contribution in [2.45, 2.75) is 13.5 Å². The number of carboxylic acids is 1. The van der Waals surface area contributed by atoms with Gasteiger partial charge in [0.05, 0.1) is 11.3 Å². The van der Waals surface area contributed by atoms with Crippen LogP contribution in [0.2, 0.25) is 0 Å². The van der Waals surface area contributed by atoms with Crippen LogP contribution in [0.1, 0.15) is 12.5 Å². The molecule has 1 heterocycles. The van der Waals surface area contributed by atoms with Crippen molar-refractivity contribution >= 4 is 5.97 Å². The second-order valence-corrected chi connectivity index (χ2v) is 5.24. The minimum atomic E-state index is -0.833. The molecule has 3 aromatic rings. The van der Waals surface area contributed by atoms with Crippen LogP contribution < -0.4 is 4.74 Å². The van der Waals surface area contributed by atoms with Gasteiger partial charge in [-0.25, -0.2) is 8.78 Å². The van der Waals surface area contributed by atoms with Crippen molar-refractivity contribution in [3.05, 3.63) is 84.1 Å². The second-order valence-electron chi connectivity index (χ2n) is 5.24. The minimum Gasteiger partial charge on any atom is -0.486 e. The van der Waals surface area contributed by atoms with Gasteiger partial charge in [-0.3, -0.25) is 9.78 Å². The molecule has 1 aromatic heterocycles. The number of ether oxygens (including phenoxy) is 1. The summed E-state index contributed by atoms with van der Waals surface area (Å²) in [5.41, 5.74) is 0.972. The lowest BCUT2D eigenvalue weighted by atomic mass is 10.1. The van der Waals surface area contributed by atoms with Crippen LogP contribution >= 0.6 is 0 Å². The molecule has 0 fully saturated rings. The molecule has 0 saturated heterocycles. The fraction of sp³-hybridized carbons (Fsp3) is 0.100. The number of hydrogen-bond acceptors (Lipinski definition) is 3. The number of aliphatic carboxylic acids is 1. The number of pyridine rings is 1. The van der Waals surface area contributed by atoms with Gasteiger partial charge >= 0.3 is 0 Å². The van der Waals surface area contributed by atoms with Gasteiger partial charge in [0, 0.05) is 13.1 Å². The van der Waals surface area contributed by atoms with E-state index >= 15 is 0 Å². The molecule has 0 spiro atoms. The van der Waals surface area contributed by atoms with Crippen LogP contribution in [-0.2, 0) is 11.4 Å². The Morgan fingerprint density at radius 2 is 1.69 bits per heavy atom. The molecule has 4 nitrogen and oxygen atoms in total. The molecular formula is C20H17F2NO3. The zero-order chi connectivity index (χ0) is 18.9. The molecule has 2 aromatic carbocycles. The average Bonchev–Trinajstić information content (AvgIpc) is 2.62. The number of aromatic nitrogens is 1. The lowest BCUT2D eigenvalue weighted by molar-refractivity contribution is -0.134. The number of carbonyl (C=O) groups is 1. The fourth-order valence-electron chi connectivity index (χ4n) is 2.13. The van der Waals surface area contributed by atoms with Crippen molar-refractivity contribution in [3.63, 3.8) is 0 Å². The SMILES string of the molecule is CC(=O)O.Fc1ccc(OCc2ccccc2)c(F)c1-c1ccccn1. The van der Waals surface area contributed by atoms with Crippen LogP contribution in [0.4, 0.5) is 8.78 Å². The summed E-state index contributed by atoms with van der Waals surface area (Å²) in [7, 11) is 0. The summed E-state index contributed by atoms with van der Waals surface area (Å²) in [6, 6.07) is 16.8. The van der Waals surface area contributed by atoms with Crippen molar-refractivity contribution in [1.29, 1.82) is 0 Å². The molecule has 0 aliphatic rings. The highest BCUT2D eigenvalue weighted by Gasteiger charge is 2.17. The van der Waals surface area contributed by atoms with Crippen molar-refractivity contribution < 1.29 is 23.4 Å². The first-order valence-electron chi connectivity index (χ1n) is 7.74. The Kier molecular flexibility index (Phi) is 6.79. The van der Waals surface area contributed by atoms with Crippen LogP contribution in [0.3, 0.4) is 0 Å². The van der Waals surface area contributed by atoms with E-state index in [1.54, 1.807) is 18.2 Å². The van der Waals surface area contributed by atoms with E-state index in [4.69, 9.17) is 14.6 Å². The molecule has 0 atom stereocenters. The van der Waals surface area contributed by atoms with E-state index in [1.807, 2.05) is 30.3 Å². The van der Waals surface area contributed by atoms with Crippen molar-refractivity contribution in [2.24, 2.45) is 0 Å². The van der Waals surface area contributed by atoms with Gasteiger partial charge in [0.15, 0.2) is 11.6 Å². The Hall–Kier alpha value is -3.28. The minimum absolute atomic E-state index is 0.00547.